The fourth-order valence-corrected chi connectivity index (χ4v) is 2.09. The maximum atomic E-state index is 13.8. The number of nitrogens with one attached hydrogen (secondary N) is 1. The smallest absolute Gasteiger partial charge is 0.337 e. The van der Waals surface area contributed by atoms with E-state index in [1.165, 1.54) is 22.9 Å². The lowest BCUT2D eigenvalue weighted by molar-refractivity contribution is 0.0695. The highest BCUT2D eigenvalue weighted by molar-refractivity contribution is 5.87. The fourth-order valence-electron chi connectivity index (χ4n) is 2.09. The number of anilines is 2. The Labute approximate surface area is 123 Å². The van der Waals surface area contributed by atoms with Gasteiger partial charge >= 0.3 is 5.97 Å². The number of rotatable bonds is 3. The zero-order valence-corrected chi connectivity index (χ0v) is 11.5. The number of pyridine rings is 1. The van der Waals surface area contributed by atoms with E-state index in [2.05, 4.69) is 10.3 Å². The highest BCUT2D eigenvalue weighted by Gasteiger charge is 2.13. The highest BCUT2D eigenvalue weighted by Crippen LogP contribution is 2.22. The second kappa shape index (κ2) is 5.10. The summed E-state index contributed by atoms with van der Waals surface area (Å²) < 4.78 is 28.9. The number of fused-ring (bicyclic) bond motifs is 1. The summed E-state index contributed by atoms with van der Waals surface area (Å²) >= 11 is 0. The summed E-state index contributed by atoms with van der Waals surface area (Å²) in [5.41, 5.74) is 0.735. The summed E-state index contributed by atoms with van der Waals surface area (Å²) in [6, 6.07) is 5.53. The van der Waals surface area contributed by atoms with Crippen LogP contribution < -0.4 is 5.32 Å². The molecule has 0 unspecified atom stereocenters. The van der Waals surface area contributed by atoms with Crippen molar-refractivity contribution < 1.29 is 18.7 Å². The van der Waals surface area contributed by atoms with Crippen molar-refractivity contribution in [1.29, 1.82) is 0 Å². The molecule has 0 fully saturated rings. The lowest BCUT2D eigenvalue weighted by atomic mass is 10.2. The van der Waals surface area contributed by atoms with E-state index in [9.17, 15) is 13.6 Å². The van der Waals surface area contributed by atoms with Crippen molar-refractivity contribution in [1.82, 2.24) is 9.38 Å². The van der Waals surface area contributed by atoms with E-state index in [0.29, 0.717) is 0 Å². The fraction of sp³-hybridized carbons (Fsp3) is 0.0667. The zero-order chi connectivity index (χ0) is 15.9. The molecule has 2 aromatic heterocycles. The van der Waals surface area contributed by atoms with Crippen LogP contribution in [0.1, 0.15) is 15.9 Å². The highest BCUT2D eigenvalue weighted by atomic mass is 19.1. The van der Waals surface area contributed by atoms with Crippen molar-refractivity contribution in [3.05, 3.63) is 59.4 Å². The molecular formula is C15H11F2N3O2. The van der Waals surface area contributed by atoms with E-state index in [-0.39, 0.29) is 22.7 Å². The van der Waals surface area contributed by atoms with Crippen molar-refractivity contribution in [2.45, 2.75) is 6.92 Å². The minimum Gasteiger partial charge on any atom is -0.478 e. The molecule has 0 aliphatic rings. The molecule has 0 spiro atoms. The number of benzene rings is 1. The first kappa shape index (κ1) is 14.0. The maximum absolute atomic E-state index is 13.8. The Morgan fingerprint density at radius 1 is 1.23 bits per heavy atom. The van der Waals surface area contributed by atoms with E-state index < -0.39 is 17.6 Å². The Hall–Kier alpha value is -2.96. The number of halogens is 2. The molecule has 0 aliphatic heterocycles. The Bertz CT molecular complexity index is 890. The third-order valence-corrected chi connectivity index (χ3v) is 3.14. The second-order valence-electron chi connectivity index (χ2n) is 4.85. The Kier molecular flexibility index (Phi) is 3.25. The van der Waals surface area contributed by atoms with Crippen molar-refractivity contribution >= 4 is 23.1 Å². The predicted molar refractivity (Wildman–Crippen MR) is 76.5 cm³/mol. The molecule has 22 heavy (non-hydrogen) atoms. The van der Waals surface area contributed by atoms with Gasteiger partial charge < -0.3 is 14.8 Å². The third-order valence-electron chi connectivity index (χ3n) is 3.14. The van der Waals surface area contributed by atoms with Crippen LogP contribution in [0.2, 0.25) is 0 Å². The molecule has 0 radical (unpaired) electrons. The summed E-state index contributed by atoms with van der Waals surface area (Å²) in [5, 5.41) is 11.7. The molecule has 0 saturated carbocycles. The standard InChI is InChI=1S/C15H11F2N3O2/c1-8-2-3-12(10(16)4-8)18-13-7-20-6-9(15(21)22)5-11(17)14(20)19-13/h2-7,18H,1H3,(H,21,22). The Morgan fingerprint density at radius 2 is 2.00 bits per heavy atom. The first-order valence-electron chi connectivity index (χ1n) is 6.39. The molecule has 2 N–H and O–H groups in total. The lowest BCUT2D eigenvalue weighted by Gasteiger charge is -2.04. The van der Waals surface area contributed by atoms with Gasteiger partial charge in [-0.25, -0.2) is 18.6 Å². The summed E-state index contributed by atoms with van der Waals surface area (Å²) in [4.78, 5) is 14.9. The average molecular weight is 303 g/mol. The number of carboxylic acids is 1. The topological polar surface area (TPSA) is 66.6 Å². The van der Waals surface area contributed by atoms with Gasteiger partial charge in [0.15, 0.2) is 11.5 Å². The summed E-state index contributed by atoms with van der Waals surface area (Å²) in [7, 11) is 0. The van der Waals surface area contributed by atoms with Gasteiger partial charge in [-0.3, -0.25) is 0 Å². The number of hydrogen-bond acceptors (Lipinski definition) is 3. The first-order chi connectivity index (χ1) is 10.4. The van der Waals surface area contributed by atoms with Gasteiger partial charge in [0.05, 0.1) is 17.4 Å². The predicted octanol–water partition coefficient (Wildman–Crippen LogP) is 3.36. The molecule has 0 atom stereocenters. The summed E-state index contributed by atoms with van der Waals surface area (Å²) in [5.74, 6) is -2.25. The number of nitrogens with zero attached hydrogens (tertiary/aromatic N) is 2. The van der Waals surface area contributed by atoms with Gasteiger partial charge in [0, 0.05) is 6.20 Å². The minimum absolute atomic E-state index is 0.0416. The van der Waals surface area contributed by atoms with Crippen molar-refractivity contribution in [3.63, 3.8) is 0 Å². The van der Waals surface area contributed by atoms with Crippen molar-refractivity contribution in [2.24, 2.45) is 0 Å². The van der Waals surface area contributed by atoms with Crippen LogP contribution in [0, 0.1) is 18.6 Å². The van der Waals surface area contributed by atoms with E-state index in [4.69, 9.17) is 5.11 Å². The van der Waals surface area contributed by atoms with Crippen molar-refractivity contribution in [2.75, 3.05) is 5.32 Å². The van der Waals surface area contributed by atoms with Crippen LogP contribution in [0.25, 0.3) is 5.65 Å². The van der Waals surface area contributed by atoms with Gasteiger partial charge in [-0.05, 0) is 30.7 Å². The van der Waals surface area contributed by atoms with Crippen LogP contribution in [-0.4, -0.2) is 20.5 Å². The second-order valence-corrected chi connectivity index (χ2v) is 4.85. The Morgan fingerprint density at radius 3 is 2.68 bits per heavy atom. The molecule has 3 aromatic rings. The maximum Gasteiger partial charge on any atom is 0.337 e. The minimum atomic E-state index is -1.24. The molecule has 0 bridgehead atoms. The molecular weight excluding hydrogens is 292 g/mol. The molecule has 7 heteroatoms. The number of carboxylic acid groups (broad SMARTS) is 1. The molecule has 3 rings (SSSR count). The van der Waals surface area contributed by atoms with Crippen molar-refractivity contribution in [3.8, 4) is 0 Å². The number of aromatic carboxylic acids is 1. The first-order valence-corrected chi connectivity index (χ1v) is 6.39. The molecule has 5 nitrogen and oxygen atoms in total. The molecule has 112 valence electrons. The zero-order valence-electron chi connectivity index (χ0n) is 11.5. The number of aromatic nitrogens is 2. The van der Waals surface area contributed by atoms with Crippen LogP contribution >= 0.6 is 0 Å². The van der Waals surface area contributed by atoms with E-state index >= 15 is 0 Å². The number of carbonyl (C=O) groups is 1. The molecule has 0 saturated heterocycles. The SMILES string of the molecule is Cc1ccc(Nc2cn3cc(C(=O)O)cc(F)c3n2)c(F)c1. The van der Waals surface area contributed by atoms with E-state index in [0.717, 1.165) is 11.6 Å². The molecule has 0 aliphatic carbocycles. The summed E-state index contributed by atoms with van der Waals surface area (Å²) in [6.45, 7) is 1.76. The third kappa shape index (κ3) is 2.48. The number of hydrogen-bond donors (Lipinski definition) is 2. The summed E-state index contributed by atoms with van der Waals surface area (Å²) in [6.07, 6.45) is 2.63. The van der Waals surface area contributed by atoms with Crippen LogP contribution in [0.4, 0.5) is 20.3 Å². The van der Waals surface area contributed by atoms with Crippen LogP contribution in [0.3, 0.4) is 0 Å². The van der Waals surface area contributed by atoms with Gasteiger partial charge in [0.2, 0.25) is 0 Å². The largest absolute Gasteiger partial charge is 0.478 e. The number of aryl methyl sites for hydroxylation is 1. The van der Waals surface area contributed by atoms with Gasteiger partial charge in [-0.15, -0.1) is 0 Å². The van der Waals surface area contributed by atoms with Crippen LogP contribution in [0.5, 0.6) is 0 Å². The van der Waals surface area contributed by atoms with E-state index in [1.807, 2.05) is 0 Å². The monoisotopic (exact) mass is 303 g/mol. The average Bonchev–Trinajstić information content (AvgIpc) is 2.85. The van der Waals surface area contributed by atoms with Gasteiger partial charge in [0.1, 0.15) is 11.6 Å². The molecule has 0 amide bonds. The van der Waals surface area contributed by atoms with E-state index in [1.54, 1.807) is 19.1 Å². The van der Waals surface area contributed by atoms with Gasteiger partial charge in [0.25, 0.3) is 0 Å². The molecule has 2 heterocycles. The number of imidazole rings is 1. The van der Waals surface area contributed by atoms with Crippen LogP contribution in [0.15, 0.2) is 36.7 Å². The van der Waals surface area contributed by atoms with Crippen LogP contribution in [-0.2, 0) is 0 Å². The quantitative estimate of drug-likeness (QED) is 0.778. The lowest BCUT2D eigenvalue weighted by Crippen LogP contribution is -2.00. The molecule has 1 aromatic carbocycles. The normalized spacial score (nSPS) is 10.9. The Balaban J connectivity index is 2.01. The van der Waals surface area contributed by atoms with Gasteiger partial charge in [-0.1, -0.05) is 6.07 Å². The van der Waals surface area contributed by atoms with Gasteiger partial charge in [-0.2, -0.15) is 0 Å².